The predicted molar refractivity (Wildman–Crippen MR) is 89.0 cm³/mol. The molecular formula is C19H21NO2. The van der Waals surface area contributed by atoms with E-state index in [4.69, 9.17) is 9.47 Å². The Morgan fingerprint density at radius 2 is 1.91 bits per heavy atom. The molecule has 2 aromatic rings. The van der Waals surface area contributed by atoms with Crippen molar-refractivity contribution in [3.8, 4) is 5.75 Å². The monoisotopic (exact) mass is 295 g/mol. The Bertz CT molecular complexity index is 606. The quantitative estimate of drug-likeness (QED) is 0.916. The lowest BCUT2D eigenvalue weighted by Gasteiger charge is -2.32. The molecule has 2 aromatic carbocycles. The lowest BCUT2D eigenvalue weighted by atomic mass is 10.0. The number of hydrogen-bond acceptors (Lipinski definition) is 3. The molecule has 0 bridgehead atoms. The molecule has 1 N–H and O–H groups in total. The minimum absolute atomic E-state index is 0.00554. The molecule has 22 heavy (non-hydrogen) atoms. The molecule has 3 heteroatoms. The van der Waals surface area contributed by atoms with E-state index in [2.05, 4.69) is 24.0 Å². The van der Waals surface area contributed by atoms with Crippen molar-refractivity contribution in [2.45, 2.75) is 12.2 Å². The molecule has 0 saturated carbocycles. The molecular weight excluding hydrogens is 274 g/mol. The van der Waals surface area contributed by atoms with E-state index in [1.807, 2.05) is 48.5 Å². The van der Waals surface area contributed by atoms with Crippen LogP contribution in [0.3, 0.4) is 0 Å². The SMILES string of the molecule is C=Cc1ccccc1OC(c1ccccc1)C1CNCCO1. The van der Waals surface area contributed by atoms with Crippen LogP contribution >= 0.6 is 0 Å². The molecule has 0 amide bonds. The first kappa shape index (κ1) is 14.8. The van der Waals surface area contributed by atoms with Crippen molar-refractivity contribution in [2.75, 3.05) is 19.7 Å². The molecule has 1 saturated heterocycles. The van der Waals surface area contributed by atoms with Gasteiger partial charge in [0.15, 0.2) is 6.10 Å². The van der Waals surface area contributed by atoms with Crippen LogP contribution < -0.4 is 10.1 Å². The van der Waals surface area contributed by atoms with Gasteiger partial charge in [0.2, 0.25) is 0 Å². The van der Waals surface area contributed by atoms with Crippen molar-refractivity contribution in [1.29, 1.82) is 0 Å². The highest BCUT2D eigenvalue weighted by Gasteiger charge is 2.28. The Morgan fingerprint density at radius 1 is 1.14 bits per heavy atom. The van der Waals surface area contributed by atoms with Crippen LogP contribution in [-0.2, 0) is 4.74 Å². The maximum Gasteiger partial charge on any atom is 0.151 e. The molecule has 3 nitrogen and oxygen atoms in total. The van der Waals surface area contributed by atoms with Gasteiger partial charge in [-0.2, -0.15) is 0 Å². The second-order valence-electron chi connectivity index (χ2n) is 5.30. The van der Waals surface area contributed by atoms with Crippen molar-refractivity contribution in [1.82, 2.24) is 5.32 Å². The first-order chi connectivity index (χ1) is 10.9. The number of benzene rings is 2. The maximum atomic E-state index is 6.33. The van der Waals surface area contributed by atoms with E-state index in [0.29, 0.717) is 6.61 Å². The summed E-state index contributed by atoms with van der Waals surface area (Å²) in [6, 6.07) is 18.2. The summed E-state index contributed by atoms with van der Waals surface area (Å²) in [6.45, 7) is 6.25. The topological polar surface area (TPSA) is 30.5 Å². The van der Waals surface area contributed by atoms with Crippen molar-refractivity contribution in [3.05, 3.63) is 72.3 Å². The zero-order chi connectivity index (χ0) is 15.2. The number of ether oxygens (including phenoxy) is 2. The molecule has 114 valence electrons. The molecule has 1 aliphatic rings. The van der Waals surface area contributed by atoms with Gasteiger partial charge in [0.1, 0.15) is 11.9 Å². The highest BCUT2D eigenvalue weighted by molar-refractivity contribution is 5.55. The van der Waals surface area contributed by atoms with Crippen molar-refractivity contribution in [3.63, 3.8) is 0 Å². The van der Waals surface area contributed by atoms with Gasteiger partial charge in [-0.15, -0.1) is 0 Å². The number of nitrogens with one attached hydrogen (secondary N) is 1. The lowest BCUT2D eigenvalue weighted by Crippen LogP contribution is -2.43. The summed E-state index contributed by atoms with van der Waals surface area (Å²) in [4.78, 5) is 0. The van der Waals surface area contributed by atoms with E-state index in [1.165, 1.54) is 0 Å². The van der Waals surface area contributed by atoms with Crippen LogP contribution in [0.5, 0.6) is 5.75 Å². The van der Waals surface area contributed by atoms with Crippen molar-refractivity contribution >= 4 is 6.08 Å². The average molecular weight is 295 g/mol. The summed E-state index contributed by atoms with van der Waals surface area (Å²) in [6.07, 6.45) is 1.67. The van der Waals surface area contributed by atoms with Crippen LogP contribution in [0.25, 0.3) is 6.08 Å². The zero-order valence-electron chi connectivity index (χ0n) is 12.6. The van der Waals surface area contributed by atoms with E-state index in [0.717, 1.165) is 30.0 Å². The number of rotatable bonds is 5. The number of morpholine rings is 1. The van der Waals surface area contributed by atoms with E-state index in [1.54, 1.807) is 0 Å². The third kappa shape index (κ3) is 3.38. The Hall–Kier alpha value is -2.10. The minimum Gasteiger partial charge on any atom is -0.482 e. The maximum absolute atomic E-state index is 6.33. The molecule has 2 unspecified atom stereocenters. The standard InChI is InChI=1S/C19H21NO2/c1-2-15-8-6-7-11-17(15)22-19(16-9-4-3-5-10-16)18-14-20-12-13-21-18/h2-11,18-20H,1,12-14H2. The van der Waals surface area contributed by atoms with Crippen molar-refractivity contribution < 1.29 is 9.47 Å². The summed E-state index contributed by atoms with van der Waals surface area (Å²) in [5.41, 5.74) is 2.11. The molecule has 0 radical (unpaired) electrons. The second kappa shape index (κ2) is 7.25. The summed E-state index contributed by atoms with van der Waals surface area (Å²) in [7, 11) is 0. The fourth-order valence-electron chi connectivity index (χ4n) is 2.67. The van der Waals surface area contributed by atoms with Gasteiger partial charge in [-0.1, -0.05) is 61.2 Å². The van der Waals surface area contributed by atoms with E-state index in [9.17, 15) is 0 Å². The second-order valence-corrected chi connectivity index (χ2v) is 5.30. The summed E-state index contributed by atoms with van der Waals surface area (Å²) >= 11 is 0. The Balaban J connectivity index is 1.89. The van der Waals surface area contributed by atoms with Gasteiger partial charge in [-0.05, 0) is 11.6 Å². The van der Waals surface area contributed by atoms with Crippen LogP contribution in [0.2, 0.25) is 0 Å². The van der Waals surface area contributed by atoms with Gasteiger partial charge in [-0.25, -0.2) is 0 Å². The molecule has 0 spiro atoms. The summed E-state index contributed by atoms with van der Waals surface area (Å²) in [5.74, 6) is 0.834. The molecule has 1 fully saturated rings. The minimum atomic E-state index is -0.143. The number of para-hydroxylation sites is 1. The molecule has 0 aromatic heterocycles. The van der Waals surface area contributed by atoms with Crippen LogP contribution in [0.4, 0.5) is 0 Å². The Morgan fingerprint density at radius 3 is 2.64 bits per heavy atom. The Labute approximate surface area is 131 Å². The fraction of sp³-hybridized carbons (Fsp3) is 0.263. The van der Waals surface area contributed by atoms with Crippen LogP contribution in [0, 0.1) is 0 Å². The summed E-state index contributed by atoms with van der Waals surface area (Å²) < 4.78 is 12.3. The molecule has 3 rings (SSSR count). The normalized spacial score (nSPS) is 19.4. The van der Waals surface area contributed by atoms with Gasteiger partial charge in [0.25, 0.3) is 0 Å². The molecule has 1 heterocycles. The molecule has 1 aliphatic heterocycles. The smallest absolute Gasteiger partial charge is 0.151 e. The third-order valence-electron chi connectivity index (χ3n) is 3.81. The van der Waals surface area contributed by atoms with Crippen LogP contribution in [0.1, 0.15) is 17.2 Å². The first-order valence-corrected chi connectivity index (χ1v) is 7.64. The van der Waals surface area contributed by atoms with Gasteiger partial charge in [0.05, 0.1) is 6.61 Å². The van der Waals surface area contributed by atoms with Gasteiger partial charge < -0.3 is 14.8 Å². The van der Waals surface area contributed by atoms with Crippen LogP contribution in [0.15, 0.2) is 61.2 Å². The largest absolute Gasteiger partial charge is 0.482 e. The molecule has 0 aliphatic carbocycles. The third-order valence-corrected chi connectivity index (χ3v) is 3.81. The highest BCUT2D eigenvalue weighted by atomic mass is 16.5. The lowest BCUT2D eigenvalue weighted by molar-refractivity contribution is -0.0433. The van der Waals surface area contributed by atoms with Gasteiger partial charge in [0, 0.05) is 18.7 Å². The first-order valence-electron chi connectivity index (χ1n) is 7.64. The highest BCUT2D eigenvalue weighted by Crippen LogP contribution is 2.29. The predicted octanol–water partition coefficient (Wildman–Crippen LogP) is 3.44. The zero-order valence-corrected chi connectivity index (χ0v) is 12.6. The summed E-state index contributed by atoms with van der Waals surface area (Å²) in [5, 5.41) is 3.37. The van der Waals surface area contributed by atoms with Crippen LogP contribution in [-0.4, -0.2) is 25.8 Å². The van der Waals surface area contributed by atoms with Gasteiger partial charge >= 0.3 is 0 Å². The van der Waals surface area contributed by atoms with E-state index < -0.39 is 0 Å². The average Bonchev–Trinajstić information content (AvgIpc) is 2.61. The Kier molecular flexibility index (Phi) is 4.88. The van der Waals surface area contributed by atoms with E-state index >= 15 is 0 Å². The fourth-order valence-corrected chi connectivity index (χ4v) is 2.67. The van der Waals surface area contributed by atoms with E-state index in [-0.39, 0.29) is 12.2 Å². The van der Waals surface area contributed by atoms with Gasteiger partial charge in [-0.3, -0.25) is 0 Å². The van der Waals surface area contributed by atoms with Crippen molar-refractivity contribution in [2.24, 2.45) is 0 Å². The molecule has 2 atom stereocenters. The number of hydrogen-bond donors (Lipinski definition) is 1.